The molecule has 2 aromatic rings. The summed E-state index contributed by atoms with van der Waals surface area (Å²) in [5.41, 5.74) is 1.97. The molecule has 0 aromatic heterocycles. The first kappa shape index (κ1) is 21.6. The van der Waals surface area contributed by atoms with Crippen molar-refractivity contribution in [2.75, 3.05) is 20.2 Å². The van der Waals surface area contributed by atoms with Gasteiger partial charge in [0, 0.05) is 31.1 Å². The second-order valence-electron chi connectivity index (χ2n) is 7.62. The third kappa shape index (κ3) is 6.44. The second-order valence-corrected chi connectivity index (χ2v) is 8.03. The van der Waals surface area contributed by atoms with Crippen molar-refractivity contribution in [1.82, 2.24) is 10.2 Å². The first-order valence-electron chi connectivity index (χ1n) is 10.1. The Hall–Kier alpha value is -2.11. The minimum absolute atomic E-state index is 0.0605. The number of carbonyl (C=O) groups excluding carboxylic acids is 1. The van der Waals surface area contributed by atoms with Crippen LogP contribution in [0.1, 0.15) is 36.8 Å². The van der Waals surface area contributed by atoms with Crippen LogP contribution >= 0.6 is 11.6 Å². The van der Waals surface area contributed by atoms with Crippen molar-refractivity contribution in [3.63, 3.8) is 0 Å². The van der Waals surface area contributed by atoms with Gasteiger partial charge in [0.2, 0.25) is 5.91 Å². The molecule has 0 unspecified atom stereocenters. The van der Waals surface area contributed by atoms with Gasteiger partial charge in [-0.05, 0) is 61.1 Å². The first-order valence-corrected chi connectivity index (χ1v) is 10.5. The SMILES string of the molecule is COc1cc(CN2CCC[C@@H](CCC(=O)NCc3ccccc3Cl)C2)ccc1F. The molecule has 1 aliphatic heterocycles. The van der Waals surface area contributed by atoms with E-state index in [0.29, 0.717) is 23.9 Å². The largest absolute Gasteiger partial charge is 0.494 e. The highest BCUT2D eigenvalue weighted by molar-refractivity contribution is 6.31. The third-order valence-electron chi connectivity index (χ3n) is 5.44. The molecule has 6 heteroatoms. The summed E-state index contributed by atoms with van der Waals surface area (Å²) in [6.45, 7) is 3.21. The Morgan fingerprint density at radius 1 is 1.31 bits per heavy atom. The van der Waals surface area contributed by atoms with E-state index in [1.165, 1.54) is 13.2 Å². The Morgan fingerprint density at radius 3 is 2.93 bits per heavy atom. The Kier molecular flexibility index (Phi) is 7.90. The van der Waals surface area contributed by atoms with Gasteiger partial charge in [0.25, 0.3) is 0 Å². The minimum atomic E-state index is -0.337. The molecule has 0 spiro atoms. The maximum atomic E-state index is 13.6. The molecule has 0 radical (unpaired) electrons. The van der Waals surface area contributed by atoms with Crippen molar-refractivity contribution < 1.29 is 13.9 Å². The van der Waals surface area contributed by atoms with E-state index in [2.05, 4.69) is 10.2 Å². The lowest BCUT2D eigenvalue weighted by Gasteiger charge is -2.32. The van der Waals surface area contributed by atoms with Crippen LogP contribution in [-0.2, 0) is 17.9 Å². The van der Waals surface area contributed by atoms with Crippen molar-refractivity contribution in [1.29, 1.82) is 0 Å². The summed E-state index contributed by atoms with van der Waals surface area (Å²) in [4.78, 5) is 14.6. The van der Waals surface area contributed by atoms with E-state index in [1.807, 2.05) is 30.3 Å². The van der Waals surface area contributed by atoms with Gasteiger partial charge in [-0.25, -0.2) is 4.39 Å². The van der Waals surface area contributed by atoms with Crippen LogP contribution in [0.25, 0.3) is 0 Å². The van der Waals surface area contributed by atoms with E-state index in [4.69, 9.17) is 16.3 Å². The third-order valence-corrected chi connectivity index (χ3v) is 5.81. The summed E-state index contributed by atoms with van der Waals surface area (Å²) >= 11 is 6.13. The Balaban J connectivity index is 1.43. The highest BCUT2D eigenvalue weighted by Gasteiger charge is 2.21. The summed E-state index contributed by atoms with van der Waals surface area (Å²) in [6, 6.07) is 12.6. The lowest BCUT2D eigenvalue weighted by Crippen LogP contribution is -2.35. The number of nitrogens with one attached hydrogen (secondary N) is 1. The number of ether oxygens (including phenoxy) is 1. The van der Waals surface area contributed by atoms with Crippen LogP contribution < -0.4 is 10.1 Å². The molecule has 1 amide bonds. The number of carbonyl (C=O) groups is 1. The van der Waals surface area contributed by atoms with Crippen LogP contribution in [0.5, 0.6) is 5.75 Å². The number of halogens is 2. The molecule has 0 saturated carbocycles. The number of likely N-dealkylation sites (tertiary alicyclic amines) is 1. The fourth-order valence-corrected chi connectivity index (χ4v) is 4.05. The van der Waals surface area contributed by atoms with E-state index in [1.54, 1.807) is 6.07 Å². The fourth-order valence-electron chi connectivity index (χ4n) is 3.85. The van der Waals surface area contributed by atoms with E-state index in [-0.39, 0.29) is 17.5 Å². The van der Waals surface area contributed by atoms with E-state index < -0.39 is 0 Å². The molecule has 0 bridgehead atoms. The molecule has 1 heterocycles. The van der Waals surface area contributed by atoms with Crippen molar-refractivity contribution in [2.24, 2.45) is 5.92 Å². The lowest BCUT2D eigenvalue weighted by molar-refractivity contribution is -0.121. The van der Waals surface area contributed by atoms with Crippen molar-refractivity contribution in [3.05, 3.63) is 64.4 Å². The molecular formula is C23H28ClFN2O2. The van der Waals surface area contributed by atoms with E-state index in [0.717, 1.165) is 50.0 Å². The van der Waals surface area contributed by atoms with Gasteiger partial charge in [0.05, 0.1) is 7.11 Å². The van der Waals surface area contributed by atoms with Crippen LogP contribution in [0.4, 0.5) is 4.39 Å². The molecule has 1 fully saturated rings. The van der Waals surface area contributed by atoms with Crippen LogP contribution in [0.15, 0.2) is 42.5 Å². The van der Waals surface area contributed by atoms with Crippen LogP contribution in [0.2, 0.25) is 5.02 Å². The van der Waals surface area contributed by atoms with Gasteiger partial charge in [0.1, 0.15) is 0 Å². The maximum absolute atomic E-state index is 13.6. The van der Waals surface area contributed by atoms with E-state index in [9.17, 15) is 9.18 Å². The Bertz CT molecular complexity index is 830. The average Bonchev–Trinajstić information content (AvgIpc) is 2.73. The number of benzene rings is 2. The number of nitrogens with zero attached hydrogens (tertiary/aromatic N) is 1. The summed E-state index contributed by atoms with van der Waals surface area (Å²) < 4.78 is 18.7. The minimum Gasteiger partial charge on any atom is -0.494 e. The van der Waals surface area contributed by atoms with Gasteiger partial charge in [-0.15, -0.1) is 0 Å². The van der Waals surface area contributed by atoms with Gasteiger partial charge in [-0.2, -0.15) is 0 Å². The molecule has 29 heavy (non-hydrogen) atoms. The van der Waals surface area contributed by atoms with Crippen molar-refractivity contribution in [2.45, 2.75) is 38.8 Å². The smallest absolute Gasteiger partial charge is 0.220 e. The Morgan fingerprint density at radius 2 is 2.14 bits per heavy atom. The lowest BCUT2D eigenvalue weighted by atomic mass is 9.93. The molecule has 4 nitrogen and oxygen atoms in total. The summed E-state index contributed by atoms with van der Waals surface area (Å²) in [5.74, 6) is 0.504. The summed E-state index contributed by atoms with van der Waals surface area (Å²) in [6.07, 6.45) is 3.65. The highest BCUT2D eigenvalue weighted by Crippen LogP contribution is 2.24. The zero-order valence-corrected chi connectivity index (χ0v) is 17.6. The van der Waals surface area contributed by atoms with Crippen LogP contribution in [-0.4, -0.2) is 31.0 Å². The van der Waals surface area contributed by atoms with Crippen LogP contribution in [0, 0.1) is 11.7 Å². The number of rotatable bonds is 8. The van der Waals surface area contributed by atoms with Crippen LogP contribution in [0.3, 0.4) is 0 Å². The number of piperidine rings is 1. The molecule has 0 aliphatic carbocycles. The van der Waals surface area contributed by atoms with Gasteiger partial charge >= 0.3 is 0 Å². The summed E-state index contributed by atoms with van der Waals surface area (Å²) in [5, 5.41) is 3.64. The molecule has 1 atom stereocenters. The first-order chi connectivity index (χ1) is 14.0. The monoisotopic (exact) mass is 418 g/mol. The molecular weight excluding hydrogens is 391 g/mol. The standard InChI is InChI=1S/C23H28ClFN2O2/c1-29-22-13-18(8-10-21(22)25)16-27-12-4-5-17(15-27)9-11-23(28)26-14-19-6-2-3-7-20(19)24/h2-3,6-8,10,13,17H,4-5,9,11-12,14-16H2,1H3,(H,26,28)/t17-/m0/s1. The second kappa shape index (κ2) is 10.6. The number of amides is 1. The topological polar surface area (TPSA) is 41.6 Å². The number of methoxy groups -OCH3 is 1. The van der Waals surface area contributed by atoms with Gasteiger partial charge in [-0.1, -0.05) is 35.9 Å². The Labute approximate surface area is 177 Å². The molecule has 156 valence electrons. The predicted octanol–water partition coefficient (Wildman–Crippen LogP) is 4.80. The quantitative estimate of drug-likeness (QED) is 0.669. The fraction of sp³-hybridized carbons (Fsp3) is 0.435. The molecule has 3 rings (SSSR count). The predicted molar refractivity (Wildman–Crippen MR) is 113 cm³/mol. The van der Waals surface area contributed by atoms with Crippen molar-refractivity contribution >= 4 is 17.5 Å². The van der Waals surface area contributed by atoms with Gasteiger partial charge < -0.3 is 10.1 Å². The summed E-state index contributed by atoms with van der Waals surface area (Å²) in [7, 11) is 1.48. The van der Waals surface area contributed by atoms with Gasteiger partial charge in [-0.3, -0.25) is 9.69 Å². The highest BCUT2D eigenvalue weighted by atomic mass is 35.5. The van der Waals surface area contributed by atoms with Crippen molar-refractivity contribution in [3.8, 4) is 5.75 Å². The normalized spacial score (nSPS) is 17.1. The number of hydrogen-bond acceptors (Lipinski definition) is 3. The molecule has 1 aliphatic rings. The van der Waals surface area contributed by atoms with Gasteiger partial charge in [0.15, 0.2) is 11.6 Å². The average molecular weight is 419 g/mol. The molecule has 1 N–H and O–H groups in total. The van der Waals surface area contributed by atoms with E-state index >= 15 is 0 Å². The zero-order valence-electron chi connectivity index (χ0n) is 16.8. The number of hydrogen-bond donors (Lipinski definition) is 1. The molecule has 1 saturated heterocycles. The maximum Gasteiger partial charge on any atom is 0.220 e. The zero-order chi connectivity index (χ0) is 20.6. The molecule has 2 aromatic carbocycles.